The SMILES string of the molecule is CC/C=C\C/C=C\C/C=C\C/C=C\C/C=C\C/C=C\CCCCCCCCCCC(=O)OCC(COP(=O)(O)OCC(O)COP(=O)(O)OCC(O)COC(=O)CCCCCCCCCCCCCCCCCCCCC/C=C\C/C=C\C/C=C\C/C=C\CCCCC)OC(=O)CCCCCCCC/C=C\C/C=C\C/C=C\CCCCC. The van der Waals surface area contributed by atoms with Crippen LogP contribution in [0.3, 0.4) is 0 Å². The zero-order valence-corrected chi connectivity index (χ0v) is 75.9. The maximum absolute atomic E-state index is 13.0. The summed E-state index contributed by atoms with van der Waals surface area (Å²) in [5.41, 5.74) is 0. The van der Waals surface area contributed by atoms with Gasteiger partial charge in [-0.3, -0.25) is 32.5 Å². The van der Waals surface area contributed by atoms with Crippen LogP contribution in [0, 0.1) is 0 Å². The van der Waals surface area contributed by atoms with E-state index in [0.717, 1.165) is 173 Å². The van der Waals surface area contributed by atoms with E-state index in [-0.39, 0.29) is 19.3 Å². The zero-order valence-electron chi connectivity index (χ0n) is 74.1. The molecule has 0 aromatic carbocycles. The largest absolute Gasteiger partial charge is 0.472 e. The molecule has 117 heavy (non-hydrogen) atoms. The number of ether oxygens (including phenoxy) is 3. The van der Waals surface area contributed by atoms with Crippen LogP contribution in [-0.2, 0) is 55.8 Å². The van der Waals surface area contributed by atoms with Gasteiger partial charge in [0.05, 0.1) is 26.4 Å². The van der Waals surface area contributed by atoms with E-state index in [4.69, 9.17) is 32.3 Å². The number of phosphoric ester groups is 2. The molecule has 4 N–H and O–H groups in total. The molecule has 0 amide bonds. The van der Waals surface area contributed by atoms with E-state index in [2.05, 4.69) is 179 Å². The molecule has 0 heterocycles. The molecular weight excluding hydrogens is 1510 g/mol. The average Bonchev–Trinajstić information content (AvgIpc) is 1.00. The van der Waals surface area contributed by atoms with Crippen LogP contribution in [0.4, 0.5) is 0 Å². The van der Waals surface area contributed by atoms with Gasteiger partial charge in [-0.2, -0.15) is 0 Å². The number of rotatable bonds is 88. The molecule has 0 fully saturated rings. The Morgan fingerprint density at radius 3 is 0.718 bits per heavy atom. The van der Waals surface area contributed by atoms with Gasteiger partial charge in [-0.05, 0) is 154 Å². The van der Waals surface area contributed by atoms with Crippen molar-refractivity contribution in [3.05, 3.63) is 158 Å². The third-order valence-corrected chi connectivity index (χ3v) is 21.6. The first-order valence-electron chi connectivity index (χ1n) is 46.8. The van der Waals surface area contributed by atoms with Crippen LogP contribution in [0.5, 0.6) is 0 Å². The van der Waals surface area contributed by atoms with E-state index in [1.165, 1.54) is 161 Å². The van der Waals surface area contributed by atoms with E-state index >= 15 is 0 Å². The number of carbonyl (C=O) groups excluding carboxylic acids is 3. The van der Waals surface area contributed by atoms with Crippen molar-refractivity contribution >= 4 is 33.6 Å². The third-order valence-electron chi connectivity index (χ3n) is 19.7. The number of allylic oxidation sites excluding steroid dienone is 26. The van der Waals surface area contributed by atoms with E-state index in [0.29, 0.717) is 19.3 Å². The summed E-state index contributed by atoms with van der Waals surface area (Å²) in [5, 5.41) is 20.7. The number of aliphatic hydroxyl groups is 2. The van der Waals surface area contributed by atoms with Gasteiger partial charge >= 0.3 is 33.6 Å². The lowest BCUT2D eigenvalue weighted by molar-refractivity contribution is -0.161. The van der Waals surface area contributed by atoms with E-state index < -0.39 is 91.5 Å². The highest BCUT2D eigenvalue weighted by Gasteiger charge is 2.29. The lowest BCUT2D eigenvalue weighted by Crippen LogP contribution is -2.30. The summed E-state index contributed by atoms with van der Waals surface area (Å²) in [5.74, 6) is -1.59. The number of phosphoric acid groups is 2. The van der Waals surface area contributed by atoms with Crippen LogP contribution in [0.1, 0.15) is 393 Å². The minimum Gasteiger partial charge on any atom is -0.463 e. The molecule has 0 bridgehead atoms. The van der Waals surface area contributed by atoms with Crippen LogP contribution in [0.2, 0.25) is 0 Å². The molecule has 5 atom stereocenters. The lowest BCUT2D eigenvalue weighted by Gasteiger charge is -2.21. The Morgan fingerprint density at radius 2 is 0.453 bits per heavy atom. The fourth-order valence-electron chi connectivity index (χ4n) is 12.6. The van der Waals surface area contributed by atoms with Gasteiger partial charge in [0.25, 0.3) is 0 Å². The van der Waals surface area contributed by atoms with E-state index in [1.54, 1.807) is 0 Å². The van der Waals surface area contributed by atoms with Gasteiger partial charge in [-0.1, -0.05) is 378 Å². The van der Waals surface area contributed by atoms with Crippen molar-refractivity contribution in [1.82, 2.24) is 0 Å². The normalized spacial score (nSPS) is 14.5. The predicted octanol–water partition coefficient (Wildman–Crippen LogP) is 28.9. The lowest BCUT2D eigenvalue weighted by atomic mass is 10.0. The Hall–Kier alpha value is -4.83. The predicted molar refractivity (Wildman–Crippen MR) is 491 cm³/mol. The van der Waals surface area contributed by atoms with Crippen molar-refractivity contribution in [2.24, 2.45) is 0 Å². The van der Waals surface area contributed by atoms with Crippen LogP contribution in [0.15, 0.2) is 158 Å². The van der Waals surface area contributed by atoms with Crippen molar-refractivity contribution < 1.29 is 75.8 Å². The molecule has 0 saturated carbocycles. The van der Waals surface area contributed by atoms with Crippen LogP contribution in [0.25, 0.3) is 0 Å². The highest BCUT2D eigenvalue weighted by Crippen LogP contribution is 2.45. The Kier molecular flexibility index (Phi) is 86.7. The van der Waals surface area contributed by atoms with Crippen molar-refractivity contribution in [3.8, 4) is 0 Å². The molecule has 0 radical (unpaired) electrons. The summed E-state index contributed by atoms with van der Waals surface area (Å²) in [4.78, 5) is 59.0. The minimum atomic E-state index is -4.95. The second-order valence-electron chi connectivity index (χ2n) is 31.1. The summed E-state index contributed by atoms with van der Waals surface area (Å²) in [6.45, 7) is 2.53. The summed E-state index contributed by atoms with van der Waals surface area (Å²) >= 11 is 0. The zero-order chi connectivity index (χ0) is 85.1. The highest BCUT2D eigenvalue weighted by atomic mass is 31.2. The standard InChI is InChI=1S/C99H170O16P2/c1-4-7-10-13-16-19-22-25-28-31-34-36-38-40-42-43-44-45-46-47-48-49-51-53-54-56-59-61-64-67-70-73-76-79-82-85-97(102)109-88-94(100)89-111-116(105,106)112-90-95(101)91-113-117(107,108)114-93-96(115-99(104)87-84-81-78-75-72-69-66-63-58-33-30-27-24-21-18-15-12-9-6-3)92-110-98(103)86-83-80-77-74-71-68-65-62-60-57-55-52-50-41-39-37-35-32-29-26-23-20-17-14-11-8-5-2/h8,11,16-21,25-30,34-37,40-42,50,55,57-58,63,94-96,100-101H,4-7,9-10,12-15,22-24,31-33,38-39,43-49,51-54,56,59-62,64-93H2,1-3H3,(H,105,106)(H,107,108)/b11-8-,19-16-,20-17-,21-18-,28-25-,29-26-,30-27-,36-34-,37-35-,42-40-,50-41-,57-55-,63-58-. The van der Waals surface area contributed by atoms with Crippen LogP contribution >= 0.6 is 15.6 Å². The topological polar surface area (TPSA) is 231 Å². The Labute approximate surface area is 714 Å². The number of carbonyl (C=O) groups is 3. The Balaban J connectivity index is 4.52. The maximum atomic E-state index is 13.0. The number of esters is 3. The van der Waals surface area contributed by atoms with Gasteiger partial charge < -0.3 is 34.2 Å². The van der Waals surface area contributed by atoms with Crippen LogP contribution < -0.4 is 0 Å². The molecule has 0 aliphatic heterocycles. The molecule has 0 rings (SSSR count). The summed E-state index contributed by atoms with van der Waals surface area (Å²) < 4.78 is 61.5. The second-order valence-corrected chi connectivity index (χ2v) is 34.0. The molecule has 16 nitrogen and oxygen atoms in total. The third kappa shape index (κ3) is 91.7. The van der Waals surface area contributed by atoms with Gasteiger partial charge in [0.1, 0.15) is 25.4 Å². The van der Waals surface area contributed by atoms with Gasteiger partial charge in [-0.25, -0.2) is 9.13 Å². The number of aliphatic hydroxyl groups excluding tert-OH is 2. The number of hydrogen-bond donors (Lipinski definition) is 4. The second kappa shape index (κ2) is 90.4. The molecule has 0 aromatic heterocycles. The van der Waals surface area contributed by atoms with Gasteiger partial charge in [0.15, 0.2) is 6.10 Å². The first-order chi connectivity index (χ1) is 57.2. The first kappa shape index (κ1) is 112. The van der Waals surface area contributed by atoms with Crippen molar-refractivity contribution in [3.63, 3.8) is 0 Å². The van der Waals surface area contributed by atoms with Crippen molar-refractivity contribution in [2.75, 3.05) is 39.6 Å². The van der Waals surface area contributed by atoms with Crippen molar-refractivity contribution in [1.29, 1.82) is 0 Å². The molecular formula is C99H170O16P2. The fourth-order valence-corrected chi connectivity index (χ4v) is 14.2. The molecule has 5 unspecified atom stereocenters. The van der Waals surface area contributed by atoms with Gasteiger partial charge in [0, 0.05) is 19.3 Å². The molecule has 672 valence electrons. The molecule has 0 saturated heterocycles. The first-order valence-corrected chi connectivity index (χ1v) is 49.8. The average molecular weight is 1680 g/mol. The monoisotopic (exact) mass is 1680 g/mol. The number of unbranched alkanes of at least 4 members (excludes halogenated alkanes) is 39. The molecule has 0 aliphatic carbocycles. The Bertz CT molecular complexity index is 2760. The summed E-state index contributed by atoms with van der Waals surface area (Å²) in [6.07, 6.45) is 116. The summed E-state index contributed by atoms with van der Waals surface area (Å²) in [6, 6.07) is 0. The molecule has 0 spiro atoms. The molecule has 18 heteroatoms. The summed E-state index contributed by atoms with van der Waals surface area (Å²) in [7, 11) is -9.82. The quantitative estimate of drug-likeness (QED) is 0.0146. The Morgan fingerprint density at radius 1 is 0.248 bits per heavy atom. The van der Waals surface area contributed by atoms with Crippen LogP contribution in [-0.4, -0.2) is 95.9 Å². The fraction of sp³-hybridized carbons (Fsp3) is 0.707. The number of hydrogen-bond acceptors (Lipinski definition) is 14. The molecule has 0 aromatic rings. The van der Waals surface area contributed by atoms with E-state index in [9.17, 15) is 43.5 Å². The van der Waals surface area contributed by atoms with Gasteiger partial charge in [-0.15, -0.1) is 0 Å². The minimum absolute atomic E-state index is 0.0844. The van der Waals surface area contributed by atoms with E-state index in [1.807, 2.05) is 0 Å². The highest BCUT2D eigenvalue weighted by molar-refractivity contribution is 7.47. The smallest absolute Gasteiger partial charge is 0.463 e. The van der Waals surface area contributed by atoms with Crippen molar-refractivity contribution in [2.45, 2.75) is 411 Å². The maximum Gasteiger partial charge on any atom is 0.472 e. The van der Waals surface area contributed by atoms with Gasteiger partial charge in [0.2, 0.25) is 0 Å². The molecule has 0 aliphatic rings.